The van der Waals surface area contributed by atoms with Gasteiger partial charge in [-0.05, 0) is 25.1 Å². The van der Waals surface area contributed by atoms with Crippen molar-refractivity contribution in [2.75, 3.05) is 4.90 Å². The molecule has 2 aliphatic heterocycles. The molecule has 0 radical (unpaired) electrons. The molecule has 0 aromatic heterocycles. The Hall–Kier alpha value is -2.46. The van der Waals surface area contributed by atoms with E-state index < -0.39 is 8.07 Å². The predicted octanol–water partition coefficient (Wildman–Crippen LogP) is 4.72. The van der Waals surface area contributed by atoms with Gasteiger partial charge in [0.2, 0.25) is 0 Å². The topological polar surface area (TPSA) is 32.7 Å². The van der Waals surface area contributed by atoms with E-state index in [0.29, 0.717) is 0 Å². The van der Waals surface area contributed by atoms with Crippen molar-refractivity contribution in [3.8, 4) is 0 Å². The third-order valence-corrected chi connectivity index (χ3v) is 6.51. The van der Waals surface area contributed by atoms with E-state index in [9.17, 15) is 4.79 Å². The van der Waals surface area contributed by atoms with Crippen LogP contribution >= 0.6 is 0 Å². The van der Waals surface area contributed by atoms with Gasteiger partial charge in [-0.2, -0.15) is 0 Å². The molecular weight excluding hydrogens is 312 g/mol. The number of rotatable bonds is 2. The van der Waals surface area contributed by atoms with Gasteiger partial charge in [-0.15, -0.1) is 0 Å². The van der Waals surface area contributed by atoms with Crippen LogP contribution < -0.4 is 4.90 Å². The van der Waals surface area contributed by atoms with Gasteiger partial charge in [-0.1, -0.05) is 55.5 Å². The van der Waals surface area contributed by atoms with Crippen molar-refractivity contribution in [2.24, 2.45) is 4.99 Å². The number of amides is 1. The lowest BCUT2D eigenvalue weighted by atomic mass is 10.1. The second kappa shape index (κ2) is 5.01. The largest absolute Gasteiger partial charge is 0.269 e. The van der Waals surface area contributed by atoms with E-state index in [1.807, 2.05) is 42.5 Å². The number of carbonyl (C=O) groups is 1. The van der Waals surface area contributed by atoms with Gasteiger partial charge in [0.25, 0.3) is 5.91 Å². The van der Waals surface area contributed by atoms with Crippen LogP contribution in [-0.4, -0.2) is 19.8 Å². The van der Waals surface area contributed by atoms with E-state index >= 15 is 0 Å². The highest BCUT2D eigenvalue weighted by Gasteiger charge is 2.45. The molecular formula is C20H20N2OSi. The molecule has 0 bridgehead atoms. The Morgan fingerprint density at radius 1 is 0.958 bits per heavy atom. The highest BCUT2D eigenvalue weighted by Crippen LogP contribution is 2.45. The minimum absolute atomic E-state index is 0.0984. The number of anilines is 1. The zero-order valence-corrected chi connectivity index (χ0v) is 15.4. The number of amidine groups is 1. The lowest BCUT2D eigenvalue weighted by Crippen LogP contribution is -2.36. The Morgan fingerprint density at radius 3 is 2.29 bits per heavy atom. The van der Waals surface area contributed by atoms with Crippen LogP contribution in [0.1, 0.15) is 11.1 Å². The predicted molar refractivity (Wildman–Crippen MR) is 102 cm³/mol. The van der Waals surface area contributed by atoms with Gasteiger partial charge in [-0.3, -0.25) is 9.69 Å². The van der Waals surface area contributed by atoms with Gasteiger partial charge >= 0.3 is 0 Å². The summed E-state index contributed by atoms with van der Waals surface area (Å²) in [6.45, 7) is 8.73. The van der Waals surface area contributed by atoms with Gasteiger partial charge in [0.1, 0.15) is 5.84 Å². The highest BCUT2D eigenvalue weighted by molar-refractivity contribution is 6.91. The lowest BCUT2D eigenvalue weighted by Gasteiger charge is -2.21. The zero-order chi connectivity index (χ0) is 17.1. The van der Waals surface area contributed by atoms with Gasteiger partial charge < -0.3 is 0 Å². The maximum Gasteiger partial charge on any atom is 0.256 e. The molecule has 24 heavy (non-hydrogen) atoms. The van der Waals surface area contributed by atoms with Crippen LogP contribution in [0.25, 0.3) is 5.57 Å². The van der Waals surface area contributed by atoms with Crippen molar-refractivity contribution in [1.82, 2.24) is 0 Å². The number of hydrogen-bond donors (Lipinski definition) is 0. The van der Waals surface area contributed by atoms with Crippen LogP contribution in [-0.2, 0) is 4.79 Å². The summed E-state index contributed by atoms with van der Waals surface area (Å²) >= 11 is 0. The quantitative estimate of drug-likeness (QED) is 0.733. The molecule has 3 nitrogen and oxygen atoms in total. The van der Waals surface area contributed by atoms with Crippen molar-refractivity contribution in [3.63, 3.8) is 0 Å². The summed E-state index contributed by atoms with van der Waals surface area (Å²) in [5.41, 5.74) is 5.18. The molecule has 2 aromatic carbocycles. The average Bonchev–Trinajstić information content (AvgIpc) is 3.01. The van der Waals surface area contributed by atoms with Crippen molar-refractivity contribution in [1.29, 1.82) is 0 Å². The Morgan fingerprint density at radius 2 is 1.62 bits per heavy atom. The van der Waals surface area contributed by atoms with Gasteiger partial charge in [0, 0.05) is 16.3 Å². The number of fused-ring (bicyclic) bond motifs is 3. The molecule has 4 rings (SSSR count). The Kier molecular flexibility index (Phi) is 3.15. The Labute approximate surface area is 143 Å². The van der Waals surface area contributed by atoms with Crippen LogP contribution in [0, 0.1) is 6.92 Å². The molecule has 0 atom stereocenters. The van der Waals surface area contributed by atoms with E-state index in [1.165, 1.54) is 5.56 Å². The summed E-state index contributed by atoms with van der Waals surface area (Å²) < 4.78 is 0. The minimum atomic E-state index is -1.82. The molecule has 0 saturated heterocycles. The molecule has 0 saturated carbocycles. The molecule has 2 aromatic rings. The third kappa shape index (κ3) is 2.10. The minimum Gasteiger partial charge on any atom is -0.269 e. The summed E-state index contributed by atoms with van der Waals surface area (Å²) in [7, 11) is -1.82. The number of benzene rings is 2. The number of para-hydroxylation sites is 1. The van der Waals surface area contributed by atoms with Crippen LogP contribution in [0.4, 0.5) is 11.4 Å². The Balaban J connectivity index is 1.95. The first kappa shape index (κ1) is 15.1. The molecule has 0 aliphatic carbocycles. The number of aryl methyl sites for hydroxylation is 1. The van der Waals surface area contributed by atoms with Crippen molar-refractivity contribution in [3.05, 3.63) is 64.9 Å². The number of carbonyl (C=O) groups excluding carboxylic acids is 1. The van der Waals surface area contributed by atoms with Gasteiger partial charge in [-0.25, -0.2) is 4.99 Å². The van der Waals surface area contributed by atoms with E-state index in [1.54, 1.807) is 4.90 Å². The molecule has 2 heterocycles. The van der Waals surface area contributed by atoms with E-state index in [-0.39, 0.29) is 5.91 Å². The fourth-order valence-corrected chi connectivity index (χ4v) is 5.18. The standard InChI is InChI=1S/C20H20N2OSi/c1-13-9-11-14(12-10-13)22-19-17(18(20(22)23)24(2,3)4)15-7-5-6-8-16(15)21-19/h5-12H,1-4H3. The molecule has 1 amide bonds. The molecule has 2 aliphatic rings. The fraction of sp³-hybridized carbons (Fsp3) is 0.200. The lowest BCUT2D eigenvalue weighted by molar-refractivity contribution is -0.113. The number of nitrogens with zero attached hydrogens (tertiary/aromatic N) is 2. The van der Waals surface area contributed by atoms with E-state index in [4.69, 9.17) is 4.99 Å². The summed E-state index contributed by atoms with van der Waals surface area (Å²) in [6.07, 6.45) is 0. The van der Waals surface area contributed by atoms with Crippen LogP contribution in [0.3, 0.4) is 0 Å². The Bertz CT molecular complexity index is 917. The van der Waals surface area contributed by atoms with E-state index in [2.05, 4.69) is 32.6 Å². The molecule has 0 unspecified atom stereocenters. The molecule has 0 fully saturated rings. The van der Waals surface area contributed by atoms with Crippen LogP contribution in [0.2, 0.25) is 19.6 Å². The zero-order valence-electron chi connectivity index (χ0n) is 14.4. The van der Waals surface area contributed by atoms with Crippen molar-refractivity contribution < 1.29 is 4.79 Å². The summed E-state index contributed by atoms with van der Waals surface area (Å²) in [4.78, 5) is 19.9. The first-order valence-electron chi connectivity index (χ1n) is 8.22. The summed E-state index contributed by atoms with van der Waals surface area (Å²) in [5, 5.41) is 0.978. The number of hydrogen-bond acceptors (Lipinski definition) is 2. The molecule has 120 valence electrons. The normalized spacial score (nSPS) is 16.4. The maximum absolute atomic E-state index is 13.3. The third-order valence-electron chi connectivity index (χ3n) is 4.54. The maximum atomic E-state index is 13.3. The van der Waals surface area contributed by atoms with Gasteiger partial charge in [0.05, 0.1) is 19.4 Å². The second-order valence-corrected chi connectivity index (χ2v) is 12.4. The average molecular weight is 332 g/mol. The smallest absolute Gasteiger partial charge is 0.256 e. The summed E-state index contributed by atoms with van der Waals surface area (Å²) in [6, 6.07) is 16.2. The first-order valence-corrected chi connectivity index (χ1v) is 11.7. The summed E-state index contributed by atoms with van der Waals surface area (Å²) in [5.74, 6) is 0.892. The van der Waals surface area contributed by atoms with Crippen molar-refractivity contribution >= 4 is 36.8 Å². The molecule has 0 N–H and O–H groups in total. The fourth-order valence-electron chi connectivity index (χ4n) is 3.43. The van der Waals surface area contributed by atoms with Crippen LogP contribution in [0.15, 0.2) is 58.7 Å². The highest BCUT2D eigenvalue weighted by atomic mass is 28.3. The molecule has 4 heteroatoms. The molecule has 0 spiro atoms. The van der Waals surface area contributed by atoms with E-state index in [0.717, 1.165) is 33.5 Å². The SMILES string of the molecule is Cc1ccc(N2C(=O)C([Si](C)(C)C)=C3C2=Nc2ccccc23)cc1. The monoisotopic (exact) mass is 332 g/mol. The second-order valence-electron chi connectivity index (χ2n) is 7.43. The van der Waals surface area contributed by atoms with Crippen molar-refractivity contribution in [2.45, 2.75) is 26.6 Å². The van der Waals surface area contributed by atoms with Crippen LogP contribution in [0.5, 0.6) is 0 Å². The number of aliphatic imine (C=N–C) groups is 1. The first-order chi connectivity index (χ1) is 11.4. The van der Waals surface area contributed by atoms with Gasteiger partial charge in [0.15, 0.2) is 0 Å².